The average Bonchev–Trinajstić information content (AvgIpc) is 2.92. The Balaban J connectivity index is 1.83. The van der Waals surface area contributed by atoms with Crippen LogP contribution in [-0.4, -0.2) is 52.2 Å². The maximum absolute atomic E-state index is 11.8. The van der Waals surface area contributed by atoms with Crippen LogP contribution in [0.2, 0.25) is 0 Å². The van der Waals surface area contributed by atoms with Gasteiger partial charge >= 0.3 is 12.0 Å². The van der Waals surface area contributed by atoms with Gasteiger partial charge < -0.3 is 26.0 Å². The number of carbonyl (C=O) groups is 2. The Morgan fingerprint density at radius 1 is 1.45 bits per heavy atom. The first-order valence-electron chi connectivity index (χ1n) is 6.63. The average molecular weight is 281 g/mol. The minimum atomic E-state index is -1.07. The smallest absolute Gasteiger partial charge is 0.326 e. The summed E-state index contributed by atoms with van der Waals surface area (Å²) in [5.41, 5.74) is 0.666. The fraction of sp³-hybridized carbons (Fsp3) is 0.583. The fourth-order valence-corrected chi connectivity index (χ4v) is 2.17. The third-order valence-corrected chi connectivity index (χ3v) is 3.26. The van der Waals surface area contributed by atoms with Crippen molar-refractivity contribution in [1.82, 2.24) is 25.9 Å². The lowest BCUT2D eigenvalue weighted by atomic mass is 10.1. The number of nitrogens with one attached hydrogen (secondary N) is 4. The molecule has 1 aliphatic rings. The van der Waals surface area contributed by atoms with Gasteiger partial charge in [0.25, 0.3) is 0 Å². The SMILES string of the molecule is O=C(NC1CCNCC1)N[C@@H](Cc1cnc[nH]1)C(=O)O. The van der Waals surface area contributed by atoms with Gasteiger partial charge in [0.2, 0.25) is 0 Å². The molecule has 8 heteroatoms. The van der Waals surface area contributed by atoms with Crippen molar-refractivity contribution in [3.8, 4) is 0 Å². The maximum atomic E-state index is 11.8. The topological polar surface area (TPSA) is 119 Å². The number of piperidine rings is 1. The van der Waals surface area contributed by atoms with Crippen LogP contribution in [0.3, 0.4) is 0 Å². The monoisotopic (exact) mass is 281 g/mol. The van der Waals surface area contributed by atoms with Gasteiger partial charge in [0.1, 0.15) is 6.04 Å². The normalized spacial score (nSPS) is 17.4. The number of imidazole rings is 1. The highest BCUT2D eigenvalue weighted by Gasteiger charge is 2.22. The highest BCUT2D eigenvalue weighted by Crippen LogP contribution is 2.02. The summed E-state index contributed by atoms with van der Waals surface area (Å²) in [6.07, 6.45) is 4.90. The van der Waals surface area contributed by atoms with E-state index in [1.54, 1.807) is 6.20 Å². The third kappa shape index (κ3) is 4.23. The minimum absolute atomic E-state index is 0.0952. The second-order valence-corrected chi connectivity index (χ2v) is 4.81. The van der Waals surface area contributed by atoms with E-state index in [9.17, 15) is 9.59 Å². The second-order valence-electron chi connectivity index (χ2n) is 4.81. The van der Waals surface area contributed by atoms with E-state index in [0.29, 0.717) is 5.69 Å². The number of nitrogens with zero attached hydrogens (tertiary/aromatic N) is 1. The molecule has 1 fully saturated rings. The molecule has 8 nitrogen and oxygen atoms in total. The number of aromatic amines is 1. The second kappa shape index (κ2) is 6.90. The Hall–Kier alpha value is -2.09. The van der Waals surface area contributed by atoms with Crippen molar-refractivity contribution >= 4 is 12.0 Å². The Morgan fingerprint density at radius 3 is 2.80 bits per heavy atom. The number of H-pyrrole nitrogens is 1. The molecule has 0 bridgehead atoms. The molecule has 1 aliphatic heterocycles. The zero-order valence-electron chi connectivity index (χ0n) is 11.1. The number of urea groups is 1. The van der Waals surface area contributed by atoms with Gasteiger partial charge in [-0.25, -0.2) is 14.6 Å². The van der Waals surface area contributed by atoms with E-state index < -0.39 is 18.0 Å². The summed E-state index contributed by atoms with van der Waals surface area (Å²) in [5, 5.41) is 17.6. The molecule has 1 aromatic heterocycles. The number of aliphatic carboxylic acids is 1. The van der Waals surface area contributed by atoms with Crippen molar-refractivity contribution in [3.05, 3.63) is 18.2 Å². The third-order valence-electron chi connectivity index (χ3n) is 3.26. The lowest BCUT2D eigenvalue weighted by molar-refractivity contribution is -0.139. The van der Waals surface area contributed by atoms with Gasteiger partial charge in [0.05, 0.1) is 6.33 Å². The number of rotatable bonds is 5. The van der Waals surface area contributed by atoms with E-state index in [1.165, 1.54) is 6.33 Å². The van der Waals surface area contributed by atoms with Gasteiger partial charge in [0.15, 0.2) is 0 Å². The summed E-state index contributed by atoms with van der Waals surface area (Å²) in [6, 6.07) is -1.32. The van der Waals surface area contributed by atoms with Crippen LogP contribution in [-0.2, 0) is 11.2 Å². The van der Waals surface area contributed by atoms with Crippen LogP contribution in [0.5, 0.6) is 0 Å². The standard InChI is InChI=1S/C12H19N5O3/c18-11(19)10(5-9-6-14-7-15-9)17-12(20)16-8-1-3-13-4-2-8/h6-8,10,13H,1-5H2,(H,14,15)(H,18,19)(H2,16,17,20)/t10-/m0/s1. The molecule has 2 amide bonds. The molecule has 0 unspecified atom stereocenters. The lowest BCUT2D eigenvalue weighted by Gasteiger charge is -2.24. The predicted octanol–water partition coefficient (Wildman–Crippen LogP) is -0.543. The molecule has 5 N–H and O–H groups in total. The van der Waals surface area contributed by atoms with Gasteiger partial charge in [-0.15, -0.1) is 0 Å². The van der Waals surface area contributed by atoms with Crippen molar-refractivity contribution in [2.24, 2.45) is 0 Å². The molecule has 2 rings (SSSR count). The number of amides is 2. The quantitative estimate of drug-likeness (QED) is 0.496. The van der Waals surface area contributed by atoms with Gasteiger partial charge in [0, 0.05) is 24.4 Å². The zero-order chi connectivity index (χ0) is 14.4. The first-order chi connectivity index (χ1) is 9.65. The van der Waals surface area contributed by atoms with Crippen LogP contribution in [0.4, 0.5) is 4.79 Å². The minimum Gasteiger partial charge on any atom is -0.480 e. The Kier molecular flexibility index (Phi) is 4.94. The van der Waals surface area contributed by atoms with E-state index in [4.69, 9.17) is 5.11 Å². The summed E-state index contributed by atoms with van der Waals surface area (Å²) >= 11 is 0. The highest BCUT2D eigenvalue weighted by molar-refractivity contribution is 5.82. The number of aromatic nitrogens is 2. The van der Waals surface area contributed by atoms with Gasteiger partial charge in [-0.05, 0) is 25.9 Å². The van der Waals surface area contributed by atoms with Crippen LogP contribution in [0.25, 0.3) is 0 Å². The van der Waals surface area contributed by atoms with Crippen molar-refractivity contribution in [3.63, 3.8) is 0 Å². The number of carboxylic acids is 1. The van der Waals surface area contributed by atoms with Crippen molar-refractivity contribution in [2.45, 2.75) is 31.3 Å². The molecule has 1 saturated heterocycles. The Labute approximate surface area is 116 Å². The number of carboxylic acid groups (broad SMARTS) is 1. The van der Waals surface area contributed by atoms with Crippen LogP contribution in [0.15, 0.2) is 12.5 Å². The van der Waals surface area contributed by atoms with Crippen LogP contribution >= 0.6 is 0 Å². The van der Waals surface area contributed by atoms with Crippen LogP contribution < -0.4 is 16.0 Å². The molecule has 20 heavy (non-hydrogen) atoms. The molecule has 0 saturated carbocycles. The van der Waals surface area contributed by atoms with E-state index in [1.807, 2.05) is 0 Å². The zero-order valence-corrected chi connectivity index (χ0v) is 11.1. The summed E-state index contributed by atoms with van der Waals surface area (Å²) in [5.74, 6) is -1.07. The Bertz CT molecular complexity index is 442. The van der Waals surface area contributed by atoms with Crippen LogP contribution in [0.1, 0.15) is 18.5 Å². The van der Waals surface area contributed by atoms with Gasteiger partial charge in [-0.2, -0.15) is 0 Å². The van der Waals surface area contributed by atoms with Gasteiger partial charge in [-0.1, -0.05) is 0 Å². The number of carbonyl (C=O) groups excluding carboxylic acids is 1. The predicted molar refractivity (Wildman–Crippen MR) is 71.3 cm³/mol. The molecule has 2 heterocycles. The highest BCUT2D eigenvalue weighted by atomic mass is 16.4. The van der Waals surface area contributed by atoms with Crippen molar-refractivity contribution in [2.75, 3.05) is 13.1 Å². The molecule has 0 spiro atoms. The molecular weight excluding hydrogens is 262 g/mol. The van der Waals surface area contributed by atoms with Gasteiger partial charge in [-0.3, -0.25) is 0 Å². The fourth-order valence-electron chi connectivity index (χ4n) is 2.17. The first-order valence-corrected chi connectivity index (χ1v) is 6.63. The van der Waals surface area contributed by atoms with E-state index >= 15 is 0 Å². The van der Waals surface area contributed by atoms with Crippen molar-refractivity contribution in [1.29, 1.82) is 0 Å². The molecule has 0 aliphatic carbocycles. The summed E-state index contributed by atoms with van der Waals surface area (Å²) in [6.45, 7) is 1.73. The van der Waals surface area contributed by atoms with E-state index in [2.05, 4.69) is 25.9 Å². The molecule has 1 aromatic rings. The maximum Gasteiger partial charge on any atom is 0.326 e. The summed E-state index contributed by atoms with van der Waals surface area (Å²) in [7, 11) is 0. The van der Waals surface area contributed by atoms with Crippen molar-refractivity contribution < 1.29 is 14.7 Å². The van der Waals surface area contributed by atoms with E-state index in [0.717, 1.165) is 25.9 Å². The molecule has 0 aromatic carbocycles. The lowest BCUT2D eigenvalue weighted by Crippen LogP contribution is -2.51. The molecule has 1 atom stereocenters. The van der Waals surface area contributed by atoms with E-state index in [-0.39, 0.29) is 12.5 Å². The summed E-state index contributed by atoms with van der Waals surface area (Å²) < 4.78 is 0. The van der Waals surface area contributed by atoms with Crippen LogP contribution in [0, 0.1) is 0 Å². The number of hydrogen-bond donors (Lipinski definition) is 5. The molecule has 0 radical (unpaired) electrons. The number of hydrogen-bond acceptors (Lipinski definition) is 4. The first kappa shape index (κ1) is 14.3. The molecule has 110 valence electrons. The summed E-state index contributed by atoms with van der Waals surface area (Å²) in [4.78, 5) is 29.6. The molecular formula is C12H19N5O3. The largest absolute Gasteiger partial charge is 0.480 e. The Morgan fingerprint density at radius 2 is 2.20 bits per heavy atom.